The van der Waals surface area contributed by atoms with Gasteiger partial charge in [0.2, 0.25) is 0 Å². The molecule has 1 aromatic carbocycles. The first-order valence-electron chi connectivity index (χ1n) is 8.94. The molecule has 0 saturated carbocycles. The molecule has 1 aromatic rings. The largest absolute Gasteiger partial charge is 0.469 e. The number of amides is 1. The van der Waals surface area contributed by atoms with Crippen LogP contribution in [0.2, 0.25) is 0 Å². The third-order valence-electron chi connectivity index (χ3n) is 4.48. The number of rotatable bonds is 8. The van der Waals surface area contributed by atoms with Crippen LogP contribution in [0, 0.1) is 11.7 Å². The summed E-state index contributed by atoms with van der Waals surface area (Å²) in [7, 11) is 1.34. The number of hydrogen-bond acceptors (Lipinski definition) is 5. The first kappa shape index (κ1) is 20.3. The van der Waals surface area contributed by atoms with Crippen LogP contribution in [0.4, 0.5) is 4.39 Å². The molecule has 0 spiro atoms. The second kappa shape index (κ2) is 10.2. The quantitative estimate of drug-likeness (QED) is 0.657. The molecule has 144 valence electrons. The van der Waals surface area contributed by atoms with Gasteiger partial charge in [-0.3, -0.25) is 14.5 Å². The van der Waals surface area contributed by atoms with Crippen molar-refractivity contribution in [3.63, 3.8) is 0 Å². The van der Waals surface area contributed by atoms with Gasteiger partial charge in [0.15, 0.2) is 0 Å². The van der Waals surface area contributed by atoms with E-state index in [2.05, 4.69) is 4.90 Å². The van der Waals surface area contributed by atoms with E-state index in [9.17, 15) is 14.0 Å². The van der Waals surface area contributed by atoms with Crippen LogP contribution in [-0.4, -0.2) is 74.7 Å². The summed E-state index contributed by atoms with van der Waals surface area (Å²) in [4.78, 5) is 28.5. The van der Waals surface area contributed by atoms with Crippen molar-refractivity contribution in [1.29, 1.82) is 0 Å². The molecule has 7 heteroatoms. The number of morpholine rings is 1. The highest BCUT2D eigenvalue weighted by atomic mass is 19.1. The SMILES string of the molecule is COC(=O)C(C)CN(CCCN1CCOCC1)C(=O)c1ccc(F)cc1. The van der Waals surface area contributed by atoms with E-state index in [4.69, 9.17) is 9.47 Å². The maximum Gasteiger partial charge on any atom is 0.310 e. The van der Waals surface area contributed by atoms with Crippen molar-refractivity contribution in [2.45, 2.75) is 13.3 Å². The van der Waals surface area contributed by atoms with Crippen LogP contribution >= 0.6 is 0 Å². The molecule has 1 atom stereocenters. The summed E-state index contributed by atoms with van der Waals surface area (Å²) in [6.45, 7) is 6.65. The van der Waals surface area contributed by atoms with E-state index in [1.54, 1.807) is 11.8 Å². The fourth-order valence-corrected chi connectivity index (χ4v) is 2.97. The molecule has 1 aliphatic rings. The number of halogens is 1. The van der Waals surface area contributed by atoms with Crippen LogP contribution < -0.4 is 0 Å². The molecule has 0 aromatic heterocycles. The Balaban J connectivity index is 1.98. The van der Waals surface area contributed by atoms with Crippen LogP contribution in [0.3, 0.4) is 0 Å². The molecule has 1 heterocycles. The zero-order valence-corrected chi connectivity index (χ0v) is 15.4. The number of methoxy groups -OCH3 is 1. The lowest BCUT2D eigenvalue weighted by Crippen LogP contribution is -2.41. The molecule has 1 unspecified atom stereocenters. The standard InChI is InChI=1S/C19H27FN2O4/c1-15(19(24)25-2)14-22(9-3-8-21-10-12-26-13-11-21)18(23)16-4-6-17(20)7-5-16/h4-7,15H,3,8-14H2,1-2H3. The Bertz CT molecular complexity index is 588. The van der Waals surface area contributed by atoms with Crippen LogP contribution in [0.25, 0.3) is 0 Å². The molecule has 0 aliphatic carbocycles. The molecule has 1 saturated heterocycles. The summed E-state index contributed by atoms with van der Waals surface area (Å²) in [5.74, 6) is -1.37. The number of carbonyl (C=O) groups is 2. The predicted octanol–water partition coefficient (Wildman–Crippen LogP) is 1.80. The normalized spacial score (nSPS) is 16.1. The topological polar surface area (TPSA) is 59.1 Å². The van der Waals surface area contributed by atoms with E-state index >= 15 is 0 Å². The minimum atomic E-state index is -0.423. The van der Waals surface area contributed by atoms with Crippen molar-refractivity contribution in [3.05, 3.63) is 35.6 Å². The number of benzene rings is 1. The number of carbonyl (C=O) groups excluding carboxylic acids is 2. The lowest BCUT2D eigenvalue weighted by molar-refractivity contribution is -0.145. The molecule has 26 heavy (non-hydrogen) atoms. The monoisotopic (exact) mass is 366 g/mol. The van der Waals surface area contributed by atoms with Crippen molar-refractivity contribution < 1.29 is 23.5 Å². The second-order valence-corrected chi connectivity index (χ2v) is 6.49. The number of esters is 1. The van der Waals surface area contributed by atoms with Crippen LogP contribution in [-0.2, 0) is 14.3 Å². The molecule has 1 fully saturated rings. The third-order valence-corrected chi connectivity index (χ3v) is 4.48. The van der Waals surface area contributed by atoms with Crippen molar-refractivity contribution in [3.8, 4) is 0 Å². The van der Waals surface area contributed by atoms with Gasteiger partial charge in [-0.25, -0.2) is 4.39 Å². The Morgan fingerprint density at radius 1 is 1.27 bits per heavy atom. The zero-order chi connectivity index (χ0) is 18.9. The maximum atomic E-state index is 13.1. The van der Waals surface area contributed by atoms with Crippen molar-refractivity contribution in [2.24, 2.45) is 5.92 Å². The van der Waals surface area contributed by atoms with Gasteiger partial charge in [0.25, 0.3) is 5.91 Å². The van der Waals surface area contributed by atoms with E-state index in [-0.39, 0.29) is 24.2 Å². The van der Waals surface area contributed by atoms with Crippen LogP contribution in [0.5, 0.6) is 0 Å². The van der Waals surface area contributed by atoms with Gasteiger partial charge in [0, 0.05) is 38.3 Å². The Morgan fingerprint density at radius 3 is 2.54 bits per heavy atom. The minimum Gasteiger partial charge on any atom is -0.469 e. The highest BCUT2D eigenvalue weighted by molar-refractivity contribution is 5.94. The summed E-state index contributed by atoms with van der Waals surface area (Å²) < 4.78 is 23.2. The van der Waals surface area contributed by atoms with Crippen molar-refractivity contribution in [2.75, 3.05) is 53.0 Å². The molecular formula is C19H27FN2O4. The second-order valence-electron chi connectivity index (χ2n) is 6.49. The van der Waals surface area contributed by atoms with Gasteiger partial charge in [-0.05, 0) is 30.7 Å². The molecule has 2 rings (SSSR count). The Labute approximate surface area is 153 Å². The fraction of sp³-hybridized carbons (Fsp3) is 0.579. The maximum absolute atomic E-state index is 13.1. The first-order valence-corrected chi connectivity index (χ1v) is 8.94. The molecule has 0 radical (unpaired) electrons. The Hall–Kier alpha value is -1.99. The van der Waals surface area contributed by atoms with E-state index in [1.807, 2.05) is 0 Å². The summed E-state index contributed by atoms with van der Waals surface area (Å²) in [6.07, 6.45) is 0.792. The van der Waals surface area contributed by atoms with Crippen molar-refractivity contribution in [1.82, 2.24) is 9.80 Å². The van der Waals surface area contributed by atoms with Gasteiger partial charge in [-0.15, -0.1) is 0 Å². The molecule has 1 aliphatic heterocycles. The van der Waals surface area contributed by atoms with Crippen LogP contribution in [0.15, 0.2) is 24.3 Å². The molecular weight excluding hydrogens is 339 g/mol. The van der Waals surface area contributed by atoms with Gasteiger partial charge in [-0.1, -0.05) is 6.92 Å². The summed E-state index contributed by atoms with van der Waals surface area (Å²) in [5, 5.41) is 0. The van der Waals surface area contributed by atoms with E-state index in [0.29, 0.717) is 12.1 Å². The first-order chi connectivity index (χ1) is 12.5. The smallest absolute Gasteiger partial charge is 0.310 e. The van der Waals surface area contributed by atoms with E-state index in [0.717, 1.165) is 39.3 Å². The Kier molecular flexibility index (Phi) is 8.00. The summed E-state index contributed by atoms with van der Waals surface area (Å²) in [5.41, 5.74) is 0.412. The highest BCUT2D eigenvalue weighted by Crippen LogP contribution is 2.11. The average molecular weight is 366 g/mol. The minimum absolute atomic E-state index is 0.206. The lowest BCUT2D eigenvalue weighted by Gasteiger charge is -2.29. The van der Waals surface area contributed by atoms with Gasteiger partial charge in [0.05, 0.1) is 26.2 Å². The average Bonchev–Trinajstić information content (AvgIpc) is 2.67. The van der Waals surface area contributed by atoms with E-state index in [1.165, 1.54) is 31.4 Å². The fourth-order valence-electron chi connectivity index (χ4n) is 2.97. The number of nitrogens with zero attached hydrogens (tertiary/aromatic N) is 2. The predicted molar refractivity (Wildman–Crippen MR) is 95.4 cm³/mol. The zero-order valence-electron chi connectivity index (χ0n) is 15.4. The van der Waals surface area contributed by atoms with Gasteiger partial charge >= 0.3 is 5.97 Å². The van der Waals surface area contributed by atoms with E-state index < -0.39 is 5.92 Å². The van der Waals surface area contributed by atoms with Gasteiger partial charge in [0.1, 0.15) is 5.82 Å². The number of hydrogen-bond donors (Lipinski definition) is 0. The van der Waals surface area contributed by atoms with Crippen LogP contribution in [0.1, 0.15) is 23.7 Å². The Morgan fingerprint density at radius 2 is 1.92 bits per heavy atom. The summed E-state index contributed by atoms with van der Waals surface area (Å²) >= 11 is 0. The third kappa shape index (κ3) is 6.07. The highest BCUT2D eigenvalue weighted by Gasteiger charge is 2.23. The molecule has 6 nitrogen and oxygen atoms in total. The van der Waals surface area contributed by atoms with Crippen molar-refractivity contribution >= 4 is 11.9 Å². The molecule has 0 bridgehead atoms. The van der Waals surface area contributed by atoms with Gasteiger partial charge < -0.3 is 14.4 Å². The lowest BCUT2D eigenvalue weighted by atomic mass is 10.1. The summed E-state index contributed by atoms with van der Waals surface area (Å²) in [6, 6.07) is 5.47. The van der Waals surface area contributed by atoms with Gasteiger partial charge in [-0.2, -0.15) is 0 Å². The molecule has 1 amide bonds. The molecule has 0 N–H and O–H groups in total. The number of ether oxygens (including phenoxy) is 2.